The van der Waals surface area contributed by atoms with Crippen molar-refractivity contribution in [3.8, 4) is 5.75 Å². The van der Waals surface area contributed by atoms with Gasteiger partial charge in [-0.05, 0) is 86.5 Å². The maximum Gasteiger partial charge on any atom is 0.264 e. The van der Waals surface area contributed by atoms with Crippen LogP contribution in [0.2, 0.25) is 10.0 Å². The van der Waals surface area contributed by atoms with Crippen LogP contribution in [0, 0.1) is 5.82 Å². The second kappa shape index (κ2) is 14.5. The summed E-state index contributed by atoms with van der Waals surface area (Å²) in [6, 6.07) is 14.5. The first-order chi connectivity index (χ1) is 19.5. The van der Waals surface area contributed by atoms with Crippen LogP contribution in [0.25, 0.3) is 0 Å². The fourth-order valence-electron chi connectivity index (χ4n) is 4.18. The monoisotopic (exact) mass is 623 g/mol. The lowest BCUT2D eigenvalue weighted by atomic mass is 10.1. The van der Waals surface area contributed by atoms with Crippen molar-refractivity contribution >= 4 is 50.7 Å². The predicted molar refractivity (Wildman–Crippen MR) is 158 cm³/mol. The number of nitrogens with one attached hydrogen (secondary N) is 1. The molecule has 0 bridgehead atoms. The van der Waals surface area contributed by atoms with Crippen molar-refractivity contribution < 1.29 is 27.1 Å². The Bertz CT molecular complexity index is 1450. The summed E-state index contributed by atoms with van der Waals surface area (Å²) in [5.74, 6) is -1.09. The van der Waals surface area contributed by atoms with E-state index in [4.69, 9.17) is 27.9 Å². The molecule has 1 atom stereocenters. The minimum atomic E-state index is -4.33. The molecule has 0 fully saturated rings. The summed E-state index contributed by atoms with van der Waals surface area (Å²) in [6.07, 6.45) is 0.270. The van der Waals surface area contributed by atoms with Crippen LogP contribution in [0.1, 0.15) is 32.8 Å². The zero-order chi connectivity index (χ0) is 30.2. The summed E-state index contributed by atoms with van der Waals surface area (Å²) < 4.78 is 47.7. The van der Waals surface area contributed by atoms with Crippen molar-refractivity contribution in [2.24, 2.45) is 0 Å². The Hall–Kier alpha value is -3.34. The Balaban J connectivity index is 2.07. The van der Waals surface area contributed by atoms with E-state index in [0.717, 1.165) is 28.6 Å². The van der Waals surface area contributed by atoms with Crippen LogP contribution >= 0.6 is 23.2 Å². The van der Waals surface area contributed by atoms with Crippen LogP contribution in [0.3, 0.4) is 0 Å². The molecule has 0 aliphatic heterocycles. The Labute approximate surface area is 250 Å². The minimum Gasteiger partial charge on any atom is -0.494 e. The third-order valence-electron chi connectivity index (χ3n) is 6.19. The molecule has 0 radical (unpaired) electrons. The average molecular weight is 625 g/mol. The van der Waals surface area contributed by atoms with Gasteiger partial charge < -0.3 is 15.0 Å². The number of rotatable bonds is 13. The third kappa shape index (κ3) is 8.12. The molecule has 2 amide bonds. The maximum absolute atomic E-state index is 14.0. The van der Waals surface area contributed by atoms with Crippen LogP contribution in [0.4, 0.5) is 10.1 Å². The maximum atomic E-state index is 14.0. The van der Waals surface area contributed by atoms with Crippen LogP contribution in [-0.4, -0.2) is 50.9 Å². The van der Waals surface area contributed by atoms with E-state index in [2.05, 4.69) is 5.32 Å². The highest BCUT2D eigenvalue weighted by Gasteiger charge is 2.33. The molecule has 8 nitrogen and oxygen atoms in total. The fourth-order valence-corrected chi connectivity index (χ4v) is 5.92. The Kier molecular flexibility index (Phi) is 11.4. The average Bonchev–Trinajstić information content (AvgIpc) is 2.94. The van der Waals surface area contributed by atoms with Crippen molar-refractivity contribution in [2.75, 3.05) is 24.0 Å². The van der Waals surface area contributed by atoms with Crippen molar-refractivity contribution in [1.29, 1.82) is 0 Å². The number of halogens is 3. The first kappa shape index (κ1) is 32.2. The normalized spacial score (nSPS) is 12.0. The second-order valence-electron chi connectivity index (χ2n) is 8.98. The van der Waals surface area contributed by atoms with E-state index >= 15 is 0 Å². The second-order valence-corrected chi connectivity index (χ2v) is 11.7. The lowest BCUT2D eigenvalue weighted by Gasteiger charge is -2.33. The quantitative estimate of drug-likeness (QED) is 0.265. The number of hydrogen-bond donors (Lipinski definition) is 1. The minimum absolute atomic E-state index is 0.0287. The number of carbonyl (C=O) groups is 2. The number of benzene rings is 3. The topological polar surface area (TPSA) is 96.0 Å². The molecule has 3 aromatic rings. The smallest absolute Gasteiger partial charge is 0.264 e. The number of amides is 2. The van der Waals surface area contributed by atoms with E-state index in [1.54, 1.807) is 44.2 Å². The Morgan fingerprint density at radius 1 is 0.951 bits per heavy atom. The van der Waals surface area contributed by atoms with E-state index < -0.39 is 34.3 Å². The van der Waals surface area contributed by atoms with Crippen molar-refractivity contribution in [3.05, 3.63) is 88.2 Å². The van der Waals surface area contributed by atoms with Crippen LogP contribution < -0.4 is 14.4 Å². The molecular formula is C29H32Cl2FN3O5S. The molecule has 0 saturated carbocycles. The number of ether oxygens (including phenoxy) is 1. The summed E-state index contributed by atoms with van der Waals surface area (Å²) in [4.78, 5) is 28.1. The van der Waals surface area contributed by atoms with Crippen LogP contribution in [0.5, 0.6) is 5.75 Å². The largest absolute Gasteiger partial charge is 0.494 e. The summed E-state index contributed by atoms with van der Waals surface area (Å²) >= 11 is 12.3. The highest BCUT2D eigenvalue weighted by atomic mass is 35.5. The number of carbonyl (C=O) groups excluding carboxylic acids is 2. The van der Waals surface area contributed by atoms with Gasteiger partial charge in [-0.15, -0.1) is 0 Å². The number of anilines is 1. The van der Waals surface area contributed by atoms with Gasteiger partial charge in [0.1, 0.15) is 24.2 Å². The van der Waals surface area contributed by atoms with Gasteiger partial charge >= 0.3 is 0 Å². The summed E-state index contributed by atoms with van der Waals surface area (Å²) in [6.45, 7) is 5.44. The molecule has 3 aromatic carbocycles. The lowest BCUT2D eigenvalue weighted by Crippen LogP contribution is -2.52. The van der Waals surface area contributed by atoms with Gasteiger partial charge in [0.2, 0.25) is 11.8 Å². The molecule has 0 saturated heterocycles. The highest BCUT2D eigenvalue weighted by Crippen LogP contribution is 2.28. The lowest BCUT2D eigenvalue weighted by molar-refractivity contribution is -0.140. The molecule has 0 heterocycles. The van der Waals surface area contributed by atoms with Gasteiger partial charge in [0.15, 0.2) is 0 Å². The van der Waals surface area contributed by atoms with Crippen molar-refractivity contribution in [3.63, 3.8) is 0 Å². The van der Waals surface area contributed by atoms with Crippen molar-refractivity contribution in [1.82, 2.24) is 10.2 Å². The fraction of sp³-hybridized carbons (Fsp3) is 0.310. The molecule has 12 heteroatoms. The highest BCUT2D eigenvalue weighted by molar-refractivity contribution is 7.92. The number of hydrogen-bond acceptors (Lipinski definition) is 5. The number of likely N-dealkylation sites (N-methyl/N-ethyl adjacent to an activating group) is 1. The summed E-state index contributed by atoms with van der Waals surface area (Å²) in [5, 5.41) is 3.35. The molecule has 1 N–H and O–H groups in total. The molecule has 0 aliphatic rings. The number of sulfonamides is 1. The summed E-state index contributed by atoms with van der Waals surface area (Å²) in [5.41, 5.74) is 0.788. The molecule has 220 valence electrons. The van der Waals surface area contributed by atoms with Crippen molar-refractivity contribution in [2.45, 2.75) is 44.7 Å². The first-order valence-corrected chi connectivity index (χ1v) is 15.2. The van der Waals surface area contributed by atoms with E-state index in [9.17, 15) is 22.4 Å². The van der Waals surface area contributed by atoms with Crippen LogP contribution in [-0.2, 0) is 26.2 Å². The van der Waals surface area contributed by atoms with E-state index in [1.165, 1.54) is 17.0 Å². The molecule has 0 aromatic heterocycles. The van der Waals surface area contributed by atoms with Crippen LogP contribution in [0.15, 0.2) is 71.6 Å². The van der Waals surface area contributed by atoms with Gasteiger partial charge in [-0.1, -0.05) is 36.2 Å². The predicted octanol–water partition coefficient (Wildman–Crippen LogP) is 5.67. The zero-order valence-corrected chi connectivity index (χ0v) is 25.3. The van der Waals surface area contributed by atoms with E-state index in [0.29, 0.717) is 29.5 Å². The standard InChI is InChI=1S/C29H32Cl2FN3O5S/c1-4-27(29(37)33-5-2)34(18-20-7-16-25(30)26(31)17-20)28(36)19-35(22-10-12-23(13-11-22)40-6-3)41(38,39)24-14-8-21(32)9-15-24/h7-17,27H,4-6,18-19H2,1-3H3,(H,33,37). The Morgan fingerprint density at radius 3 is 2.17 bits per heavy atom. The summed E-state index contributed by atoms with van der Waals surface area (Å²) in [7, 11) is -4.33. The van der Waals surface area contributed by atoms with Gasteiger partial charge in [0.25, 0.3) is 10.0 Å². The third-order valence-corrected chi connectivity index (χ3v) is 8.72. The van der Waals surface area contributed by atoms with E-state index in [-0.39, 0.29) is 34.5 Å². The Morgan fingerprint density at radius 2 is 1.61 bits per heavy atom. The van der Waals surface area contributed by atoms with Gasteiger partial charge in [-0.25, -0.2) is 12.8 Å². The first-order valence-electron chi connectivity index (χ1n) is 13.0. The molecule has 41 heavy (non-hydrogen) atoms. The van der Waals surface area contributed by atoms with Gasteiger partial charge in [-0.2, -0.15) is 0 Å². The zero-order valence-electron chi connectivity index (χ0n) is 22.9. The number of nitrogens with zero attached hydrogens (tertiary/aromatic N) is 2. The van der Waals surface area contributed by atoms with E-state index in [1.807, 2.05) is 6.92 Å². The van der Waals surface area contributed by atoms with Gasteiger partial charge in [0, 0.05) is 13.1 Å². The molecule has 1 unspecified atom stereocenters. The SMILES string of the molecule is CCNC(=O)C(CC)N(Cc1ccc(Cl)c(Cl)c1)C(=O)CN(c1ccc(OCC)cc1)S(=O)(=O)c1ccc(F)cc1. The molecule has 0 spiro atoms. The van der Waals surface area contributed by atoms with Gasteiger partial charge in [0.05, 0.1) is 27.2 Å². The molecule has 3 rings (SSSR count). The van der Waals surface area contributed by atoms with Gasteiger partial charge in [-0.3, -0.25) is 13.9 Å². The molecule has 0 aliphatic carbocycles. The molecular weight excluding hydrogens is 592 g/mol.